The average molecular weight is 409 g/mol. The summed E-state index contributed by atoms with van der Waals surface area (Å²) in [6.45, 7) is 15.4. The van der Waals surface area contributed by atoms with Crippen molar-refractivity contribution in [1.29, 1.82) is 0 Å². The van der Waals surface area contributed by atoms with Crippen molar-refractivity contribution in [2.75, 3.05) is 0 Å². The van der Waals surface area contributed by atoms with Gasteiger partial charge in [-0.25, -0.2) is 0 Å². The van der Waals surface area contributed by atoms with Crippen LogP contribution in [0.1, 0.15) is 106 Å². The average Bonchev–Trinajstić information content (AvgIpc) is 2.73. The fraction of sp³-hybridized carbons (Fsp3) is 0.533. The van der Waals surface area contributed by atoms with Gasteiger partial charge in [0.15, 0.2) is 0 Å². The van der Waals surface area contributed by atoms with Crippen molar-refractivity contribution in [1.82, 2.24) is 0 Å². The Labute approximate surface area is 188 Å². The summed E-state index contributed by atoms with van der Waals surface area (Å²) in [5, 5.41) is 0. The normalized spacial score (nSPS) is 13.9. The van der Waals surface area contributed by atoms with Crippen LogP contribution in [-0.4, -0.2) is 0 Å². The Morgan fingerprint density at radius 2 is 1.00 bits per heavy atom. The zero-order valence-corrected chi connectivity index (χ0v) is 21.1. The van der Waals surface area contributed by atoms with Gasteiger partial charge in [-0.1, -0.05) is 112 Å². The summed E-state index contributed by atoms with van der Waals surface area (Å²) in [4.78, 5) is 0. The molecule has 0 bridgehead atoms. The predicted molar refractivity (Wildman–Crippen MR) is 140 cm³/mol. The van der Waals surface area contributed by atoms with Gasteiger partial charge in [-0.3, -0.25) is 0 Å². The van der Waals surface area contributed by atoms with Crippen molar-refractivity contribution < 1.29 is 0 Å². The Morgan fingerprint density at radius 3 is 1.57 bits per heavy atom. The van der Waals surface area contributed by atoms with E-state index in [1.807, 2.05) is 0 Å². The predicted octanol–water partition coefficient (Wildman–Crippen LogP) is 10.4. The highest BCUT2D eigenvalue weighted by Gasteiger charge is 2.02. The molecule has 0 aromatic heterocycles. The molecule has 0 amide bonds. The minimum atomic E-state index is 1.20. The minimum Gasteiger partial charge on any atom is -0.0845 e. The Balaban J connectivity index is 4.11. The molecule has 0 saturated carbocycles. The molecule has 0 radical (unpaired) electrons. The fourth-order valence-electron chi connectivity index (χ4n) is 3.17. The summed E-state index contributed by atoms with van der Waals surface area (Å²) in [6, 6.07) is 0. The number of rotatable bonds is 15. The second-order valence-electron chi connectivity index (χ2n) is 8.57. The number of hydrogen-bond acceptors (Lipinski definition) is 0. The highest BCUT2D eigenvalue weighted by molar-refractivity contribution is 5.43. The van der Waals surface area contributed by atoms with Crippen LogP contribution in [0.3, 0.4) is 0 Å². The van der Waals surface area contributed by atoms with Gasteiger partial charge in [0.25, 0.3) is 0 Å². The zero-order valence-electron chi connectivity index (χ0n) is 21.1. The maximum Gasteiger partial charge on any atom is -0.0348 e. The van der Waals surface area contributed by atoms with E-state index in [2.05, 4.69) is 103 Å². The van der Waals surface area contributed by atoms with Gasteiger partial charge in [-0.2, -0.15) is 0 Å². The quantitative estimate of drug-likeness (QED) is 0.187. The Morgan fingerprint density at radius 1 is 0.500 bits per heavy atom. The van der Waals surface area contributed by atoms with Crippen LogP contribution in [0.15, 0.2) is 82.5 Å². The van der Waals surface area contributed by atoms with E-state index >= 15 is 0 Å². The summed E-state index contributed by atoms with van der Waals surface area (Å²) in [5.74, 6) is 0. The molecule has 0 N–H and O–H groups in total. The first kappa shape index (κ1) is 28.2. The van der Waals surface area contributed by atoms with Crippen LogP contribution in [0.2, 0.25) is 0 Å². The monoisotopic (exact) mass is 408 g/mol. The lowest BCUT2D eigenvalue weighted by Gasteiger charge is -2.10. The van der Waals surface area contributed by atoms with Crippen LogP contribution in [0.25, 0.3) is 0 Å². The standard InChI is InChI=1S/C30H48/c1-8-9-10-11-12-13-14-15-16-17-18-19-20-21-22-23-24-25-27(4)29(6)30(7)28(5)26(2)3/h17-25H,8-16H2,1-7H3. The molecule has 0 saturated heterocycles. The van der Waals surface area contributed by atoms with E-state index in [1.54, 1.807) is 0 Å². The molecule has 0 aromatic rings. The lowest BCUT2D eigenvalue weighted by Crippen LogP contribution is -1.90. The first-order valence-corrected chi connectivity index (χ1v) is 12.1. The number of hydrogen-bond donors (Lipinski definition) is 0. The second kappa shape index (κ2) is 19.2. The Kier molecular flexibility index (Phi) is 18.0. The van der Waals surface area contributed by atoms with Gasteiger partial charge in [0.05, 0.1) is 0 Å². The van der Waals surface area contributed by atoms with Crippen molar-refractivity contribution in [3.8, 4) is 0 Å². The first-order chi connectivity index (χ1) is 14.4. The molecule has 30 heavy (non-hydrogen) atoms. The van der Waals surface area contributed by atoms with Crippen LogP contribution < -0.4 is 0 Å². The summed E-state index contributed by atoms with van der Waals surface area (Å²) in [6.07, 6.45) is 31.5. The van der Waals surface area contributed by atoms with Crippen LogP contribution in [-0.2, 0) is 0 Å². The van der Waals surface area contributed by atoms with Gasteiger partial charge in [0.2, 0.25) is 0 Å². The van der Waals surface area contributed by atoms with E-state index < -0.39 is 0 Å². The van der Waals surface area contributed by atoms with Crippen molar-refractivity contribution >= 4 is 0 Å². The maximum absolute atomic E-state index is 2.29. The summed E-state index contributed by atoms with van der Waals surface area (Å²) in [7, 11) is 0. The van der Waals surface area contributed by atoms with E-state index in [-0.39, 0.29) is 0 Å². The molecule has 0 rings (SSSR count). The third kappa shape index (κ3) is 15.1. The van der Waals surface area contributed by atoms with Gasteiger partial charge in [0, 0.05) is 0 Å². The van der Waals surface area contributed by atoms with Crippen LogP contribution in [0.5, 0.6) is 0 Å². The third-order valence-electron chi connectivity index (χ3n) is 5.84. The summed E-state index contributed by atoms with van der Waals surface area (Å²) >= 11 is 0. The van der Waals surface area contributed by atoms with Gasteiger partial charge >= 0.3 is 0 Å². The summed E-state index contributed by atoms with van der Waals surface area (Å²) in [5.41, 5.74) is 6.84. The molecule has 0 aliphatic rings. The van der Waals surface area contributed by atoms with E-state index in [4.69, 9.17) is 0 Å². The van der Waals surface area contributed by atoms with Gasteiger partial charge in [-0.05, 0) is 76.7 Å². The van der Waals surface area contributed by atoms with Crippen LogP contribution in [0, 0.1) is 0 Å². The highest BCUT2D eigenvalue weighted by Crippen LogP contribution is 2.22. The van der Waals surface area contributed by atoms with Crippen molar-refractivity contribution in [2.24, 2.45) is 0 Å². The molecule has 168 valence electrons. The zero-order chi connectivity index (χ0) is 22.6. The molecule has 0 aliphatic heterocycles. The van der Waals surface area contributed by atoms with Crippen molar-refractivity contribution in [3.63, 3.8) is 0 Å². The smallest absolute Gasteiger partial charge is 0.0348 e. The molecule has 0 heterocycles. The third-order valence-corrected chi connectivity index (χ3v) is 5.84. The molecule has 0 spiro atoms. The topological polar surface area (TPSA) is 0 Å². The fourth-order valence-corrected chi connectivity index (χ4v) is 3.17. The molecule has 0 aromatic carbocycles. The second-order valence-corrected chi connectivity index (χ2v) is 8.57. The van der Waals surface area contributed by atoms with Crippen molar-refractivity contribution in [2.45, 2.75) is 106 Å². The summed E-state index contributed by atoms with van der Waals surface area (Å²) < 4.78 is 0. The molecular formula is C30H48. The molecule has 0 fully saturated rings. The van der Waals surface area contributed by atoms with E-state index in [9.17, 15) is 0 Å². The molecular weight excluding hydrogens is 360 g/mol. The van der Waals surface area contributed by atoms with Crippen LogP contribution >= 0.6 is 0 Å². The largest absolute Gasteiger partial charge is 0.0845 e. The first-order valence-electron chi connectivity index (χ1n) is 12.1. The number of unbranched alkanes of at least 4 members (excludes halogenated alkanes) is 8. The maximum atomic E-state index is 2.29. The van der Waals surface area contributed by atoms with E-state index in [0.717, 1.165) is 0 Å². The minimum absolute atomic E-state index is 1.20. The van der Waals surface area contributed by atoms with E-state index in [1.165, 1.54) is 85.7 Å². The SMILES string of the molecule is CCCCCCCCCCC=CC=CC=CC=CC=C(C)C(C)=C(C)C(C)=C(C)C. The van der Waals surface area contributed by atoms with Gasteiger partial charge in [-0.15, -0.1) is 0 Å². The Bertz CT molecular complexity index is 652. The molecule has 0 atom stereocenters. The van der Waals surface area contributed by atoms with Gasteiger partial charge < -0.3 is 0 Å². The molecule has 0 unspecified atom stereocenters. The molecule has 0 nitrogen and oxygen atoms in total. The van der Waals surface area contributed by atoms with Gasteiger partial charge in [0.1, 0.15) is 0 Å². The molecule has 0 aliphatic carbocycles. The lowest BCUT2D eigenvalue weighted by atomic mass is 9.96. The number of allylic oxidation sites excluding steroid dienone is 14. The molecule has 0 heteroatoms. The van der Waals surface area contributed by atoms with Crippen LogP contribution in [0.4, 0.5) is 0 Å². The Hall–Kier alpha value is -1.82. The lowest BCUT2D eigenvalue weighted by molar-refractivity contribution is 0.577. The van der Waals surface area contributed by atoms with E-state index in [0.29, 0.717) is 0 Å². The van der Waals surface area contributed by atoms with Crippen molar-refractivity contribution in [3.05, 3.63) is 82.5 Å². The highest BCUT2D eigenvalue weighted by atomic mass is 14.1.